The van der Waals surface area contributed by atoms with Crippen LogP contribution in [-0.2, 0) is 12.8 Å². The summed E-state index contributed by atoms with van der Waals surface area (Å²) in [6, 6.07) is 43.4. The Morgan fingerprint density at radius 3 is 1.38 bits per heavy atom. The van der Waals surface area contributed by atoms with Crippen molar-refractivity contribution in [2.24, 2.45) is 0 Å². The largest absolute Gasteiger partial charge is 0.0622 e. The van der Waals surface area contributed by atoms with Gasteiger partial charge in [-0.15, -0.1) is 0 Å². The summed E-state index contributed by atoms with van der Waals surface area (Å²) in [4.78, 5) is 0. The van der Waals surface area contributed by atoms with E-state index in [9.17, 15) is 0 Å². The third kappa shape index (κ3) is 3.25. The van der Waals surface area contributed by atoms with Crippen LogP contribution >= 0.6 is 0 Å². The smallest absolute Gasteiger partial charge is 0.000729 e. The van der Waals surface area contributed by atoms with Gasteiger partial charge < -0.3 is 0 Å². The van der Waals surface area contributed by atoms with Gasteiger partial charge in [-0.2, -0.15) is 0 Å². The van der Waals surface area contributed by atoms with Crippen molar-refractivity contribution in [2.45, 2.75) is 12.8 Å². The molecule has 0 nitrogen and oxygen atoms in total. The zero-order valence-electron chi connectivity index (χ0n) is 18.0. The topological polar surface area (TPSA) is 0 Å². The molecular formula is C32H24. The summed E-state index contributed by atoms with van der Waals surface area (Å²) in [6.45, 7) is 0. The van der Waals surface area contributed by atoms with Crippen molar-refractivity contribution in [3.8, 4) is 33.4 Å². The van der Waals surface area contributed by atoms with E-state index in [2.05, 4.69) is 121 Å². The Kier molecular flexibility index (Phi) is 4.70. The van der Waals surface area contributed by atoms with Gasteiger partial charge in [0.25, 0.3) is 0 Å². The molecule has 0 saturated carbocycles. The van der Waals surface area contributed by atoms with E-state index in [4.69, 9.17) is 0 Å². The zero-order valence-corrected chi connectivity index (χ0v) is 18.0. The fourth-order valence-corrected chi connectivity index (χ4v) is 5.13. The van der Waals surface area contributed by atoms with Crippen LogP contribution in [0.1, 0.15) is 22.3 Å². The van der Waals surface area contributed by atoms with Crippen LogP contribution in [0.5, 0.6) is 0 Å². The quantitative estimate of drug-likeness (QED) is 0.257. The van der Waals surface area contributed by atoms with E-state index in [0.717, 1.165) is 12.8 Å². The van der Waals surface area contributed by atoms with E-state index in [-0.39, 0.29) is 0 Å². The van der Waals surface area contributed by atoms with Crippen molar-refractivity contribution in [2.75, 3.05) is 0 Å². The minimum atomic E-state index is 1.05. The molecule has 0 fully saturated rings. The van der Waals surface area contributed by atoms with Crippen molar-refractivity contribution in [1.29, 1.82) is 0 Å². The fourth-order valence-electron chi connectivity index (χ4n) is 5.13. The van der Waals surface area contributed by atoms with E-state index < -0.39 is 0 Å². The molecule has 0 amide bonds. The number of benzene rings is 5. The highest BCUT2D eigenvalue weighted by atomic mass is 14.2. The number of rotatable bonds is 1. The molecule has 0 spiro atoms. The minimum absolute atomic E-state index is 1.05. The Labute approximate surface area is 189 Å². The monoisotopic (exact) mass is 408 g/mol. The van der Waals surface area contributed by atoms with Crippen molar-refractivity contribution in [3.63, 3.8) is 0 Å². The first-order valence-corrected chi connectivity index (χ1v) is 11.3. The van der Waals surface area contributed by atoms with E-state index in [1.54, 1.807) is 0 Å². The fraction of sp³-hybridized carbons (Fsp3) is 0.0625. The normalized spacial score (nSPS) is 12.1. The second-order valence-electron chi connectivity index (χ2n) is 8.52. The Bertz CT molecular complexity index is 1370. The molecule has 0 radical (unpaired) electrons. The maximum Gasteiger partial charge on any atom is -0.000729 e. The van der Waals surface area contributed by atoms with Gasteiger partial charge in [0.15, 0.2) is 0 Å². The highest BCUT2D eigenvalue weighted by Crippen LogP contribution is 2.41. The molecule has 5 aromatic carbocycles. The molecule has 0 saturated heterocycles. The lowest BCUT2D eigenvalue weighted by atomic mass is 9.96. The van der Waals surface area contributed by atoms with Crippen LogP contribution in [0.3, 0.4) is 0 Å². The molecule has 2 aliphatic rings. The second-order valence-corrected chi connectivity index (χ2v) is 8.52. The summed E-state index contributed by atoms with van der Waals surface area (Å²) in [7, 11) is 0. The highest BCUT2D eigenvalue weighted by Gasteiger charge is 2.20. The average molecular weight is 409 g/mol. The Morgan fingerprint density at radius 1 is 0.312 bits per heavy atom. The van der Waals surface area contributed by atoms with Gasteiger partial charge >= 0.3 is 0 Å². The molecule has 0 heteroatoms. The summed E-state index contributed by atoms with van der Waals surface area (Å²) in [5.41, 5.74) is 14.1. The minimum Gasteiger partial charge on any atom is -0.0622 e. The van der Waals surface area contributed by atoms with E-state index >= 15 is 0 Å². The van der Waals surface area contributed by atoms with Crippen molar-refractivity contribution >= 4 is 0 Å². The summed E-state index contributed by atoms with van der Waals surface area (Å²) < 4.78 is 0. The third-order valence-corrected chi connectivity index (χ3v) is 6.64. The number of fused-ring (bicyclic) bond motifs is 6. The summed E-state index contributed by atoms with van der Waals surface area (Å²) in [6.07, 6.45) is 2.16. The van der Waals surface area contributed by atoms with Gasteiger partial charge in [-0.3, -0.25) is 0 Å². The van der Waals surface area contributed by atoms with Crippen LogP contribution in [0, 0.1) is 0 Å². The Balaban J connectivity index is 0.000000131. The molecule has 0 aliphatic heterocycles. The number of hydrogen-bond donors (Lipinski definition) is 0. The van der Waals surface area contributed by atoms with Gasteiger partial charge in [0.2, 0.25) is 0 Å². The van der Waals surface area contributed by atoms with Crippen molar-refractivity contribution < 1.29 is 0 Å². The SMILES string of the molecule is c1ccc(-c2cccc3c2Cc2ccccc2-3)cc1.c1ccc2c(c1)Cc1ccccc1-2. The Hall–Kier alpha value is -3.90. The van der Waals surface area contributed by atoms with E-state index in [0.29, 0.717) is 0 Å². The molecule has 0 bridgehead atoms. The lowest BCUT2D eigenvalue weighted by Crippen LogP contribution is -1.87. The zero-order chi connectivity index (χ0) is 21.3. The third-order valence-electron chi connectivity index (χ3n) is 6.64. The summed E-state index contributed by atoms with van der Waals surface area (Å²) in [5, 5.41) is 0. The second kappa shape index (κ2) is 7.98. The predicted octanol–water partition coefficient (Wildman–Crippen LogP) is 8.18. The molecule has 2 aliphatic carbocycles. The maximum absolute atomic E-state index is 2.24. The van der Waals surface area contributed by atoms with Crippen LogP contribution in [0.25, 0.3) is 33.4 Å². The molecule has 7 rings (SSSR count). The van der Waals surface area contributed by atoms with E-state index in [1.165, 1.54) is 55.6 Å². The molecule has 0 heterocycles. The molecule has 0 aromatic heterocycles. The lowest BCUT2D eigenvalue weighted by Gasteiger charge is -2.08. The predicted molar refractivity (Wildman–Crippen MR) is 135 cm³/mol. The van der Waals surface area contributed by atoms with Crippen LogP contribution in [0.2, 0.25) is 0 Å². The van der Waals surface area contributed by atoms with Gasteiger partial charge in [0, 0.05) is 0 Å². The van der Waals surface area contributed by atoms with Crippen LogP contribution < -0.4 is 0 Å². The average Bonchev–Trinajstić information content (AvgIpc) is 3.43. The number of hydrogen-bond acceptors (Lipinski definition) is 0. The van der Waals surface area contributed by atoms with Crippen LogP contribution in [0.15, 0.2) is 121 Å². The van der Waals surface area contributed by atoms with Gasteiger partial charge in [0.05, 0.1) is 0 Å². The van der Waals surface area contributed by atoms with Crippen LogP contribution in [0.4, 0.5) is 0 Å². The highest BCUT2D eigenvalue weighted by molar-refractivity contribution is 5.84. The molecule has 152 valence electrons. The van der Waals surface area contributed by atoms with Gasteiger partial charge in [-0.05, 0) is 68.5 Å². The molecule has 0 N–H and O–H groups in total. The first kappa shape index (κ1) is 18.8. The lowest BCUT2D eigenvalue weighted by molar-refractivity contribution is 1.26. The van der Waals surface area contributed by atoms with Crippen molar-refractivity contribution in [3.05, 3.63) is 144 Å². The summed E-state index contributed by atoms with van der Waals surface area (Å²) >= 11 is 0. The summed E-state index contributed by atoms with van der Waals surface area (Å²) in [5.74, 6) is 0. The van der Waals surface area contributed by atoms with Crippen LogP contribution in [-0.4, -0.2) is 0 Å². The first-order chi connectivity index (χ1) is 15.9. The van der Waals surface area contributed by atoms with Gasteiger partial charge in [-0.25, -0.2) is 0 Å². The Morgan fingerprint density at radius 2 is 0.750 bits per heavy atom. The first-order valence-electron chi connectivity index (χ1n) is 11.3. The van der Waals surface area contributed by atoms with Crippen molar-refractivity contribution in [1.82, 2.24) is 0 Å². The van der Waals surface area contributed by atoms with Gasteiger partial charge in [-0.1, -0.05) is 121 Å². The molecular weight excluding hydrogens is 384 g/mol. The maximum atomic E-state index is 2.24. The molecule has 0 atom stereocenters. The molecule has 0 unspecified atom stereocenters. The molecule has 32 heavy (non-hydrogen) atoms. The standard InChI is InChI=1S/C19H14.C13H10/c1-2-7-14(8-3-1)16-11-6-12-18-17-10-5-4-9-15(17)13-19(16)18;1-3-7-12-10(5-1)9-11-6-2-4-8-13(11)12/h1-12H,13H2;1-8H,9H2. The van der Waals surface area contributed by atoms with Gasteiger partial charge in [0.1, 0.15) is 0 Å². The van der Waals surface area contributed by atoms with E-state index in [1.807, 2.05) is 0 Å². The molecule has 5 aromatic rings.